The Morgan fingerprint density at radius 2 is 1.82 bits per heavy atom. The van der Waals surface area contributed by atoms with Gasteiger partial charge in [-0.05, 0) is 18.2 Å². The zero-order valence-electron chi connectivity index (χ0n) is 17.8. The van der Waals surface area contributed by atoms with E-state index >= 15 is 0 Å². The molecule has 0 aliphatic heterocycles. The van der Waals surface area contributed by atoms with Crippen molar-refractivity contribution in [3.63, 3.8) is 0 Å². The van der Waals surface area contributed by atoms with E-state index in [9.17, 15) is 27.2 Å². The van der Waals surface area contributed by atoms with Crippen LogP contribution >= 0.6 is 0 Å². The maximum atomic E-state index is 13.9. The summed E-state index contributed by atoms with van der Waals surface area (Å²) in [7, 11) is 0. The van der Waals surface area contributed by atoms with Crippen LogP contribution in [0.2, 0.25) is 0 Å². The molecule has 3 aromatic rings. The monoisotopic (exact) mass is 477 g/mol. The van der Waals surface area contributed by atoms with Gasteiger partial charge in [-0.1, -0.05) is 0 Å². The number of aromatic nitrogens is 4. The molecule has 0 saturated heterocycles. The number of carbonyl (C=O) groups excluding carboxylic acids is 2. The zero-order chi connectivity index (χ0) is 24.7. The van der Waals surface area contributed by atoms with Gasteiger partial charge in [0.05, 0.1) is 17.8 Å². The quantitative estimate of drug-likeness (QED) is 0.337. The predicted octanol–water partition coefficient (Wildman–Crippen LogP) is 2.57. The molecule has 2 amide bonds. The Bertz CT molecular complexity index is 1190. The Balaban J connectivity index is 1.90. The fraction of sp³-hybridized carbons (Fsp3) is 0.238. The molecule has 178 valence electrons. The van der Waals surface area contributed by atoms with Gasteiger partial charge in [-0.15, -0.1) is 0 Å². The van der Waals surface area contributed by atoms with Crippen molar-refractivity contribution < 1.29 is 27.2 Å². The molecule has 13 heteroatoms. The van der Waals surface area contributed by atoms with Gasteiger partial charge in [0.15, 0.2) is 5.82 Å². The molecule has 0 aliphatic carbocycles. The van der Waals surface area contributed by atoms with E-state index in [2.05, 4.69) is 35.9 Å². The number of nitrogens with zero attached hydrogens (tertiary/aromatic N) is 4. The fourth-order valence-corrected chi connectivity index (χ4v) is 2.73. The summed E-state index contributed by atoms with van der Waals surface area (Å²) in [6, 6.07) is 4.71. The van der Waals surface area contributed by atoms with Gasteiger partial charge in [-0.3, -0.25) is 19.6 Å². The molecule has 0 unspecified atom stereocenters. The van der Waals surface area contributed by atoms with Crippen LogP contribution in [-0.4, -0.2) is 44.8 Å². The minimum Gasteiger partial charge on any atom is -0.364 e. The molecule has 0 saturated carbocycles. The number of hydrogen-bond acceptors (Lipinski definition) is 7. The standard InChI is InChI=1S/C21H19F4N7O2/c1-12(33)27-5-6-29-20(34)16-8-18(30-11-17-15(22)3-2-4-28-17)32-19(31-16)13-7-14(10-26-9-13)21(23,24)25/h2-4,7-10H,5-6,11H2,1H3,(H,27,33)(H,29,34)(H,30,31,32). The van der Waals surface area contributed by atoms with Crippen molar-refractivity contribution in [3.8, 4) is 11.4 Å². The number of alkyl halides is 3. The summed E-state index contributed by atoms with van der Waals surface area (Å²) in [5.74, 6) is -1.64. The third-order valence-electron chi connectivity index (χ3n) is 4.34. The van der Waals surface area contributed by atoms with Gasteiger partial charge in [0.1, 0.15) is 17.3 Å². The summed E-state index contributed by atoms with van der Waals surface area (Å²) in [6.45, 7) is 1.48. The first-order valence-electron chi connectivity index (χ1n) is 9.91. The Morgan fingerprint density at radius 1 is 1.06 bits per heavy atom. The smallest absolute Gasteiger partial charge is 0.364 e. The Morgan fingerprint density at radius 3 is 2.53 bits per heavy atom. The second-order valence-corrected chi connectivity index (χ2v) is 6.95. The van der Waals surface area contributed by atoms with Crippen LogP contribution in [0.25, 0.3) is 11.4 Å². The van der Waals surface area contributed by atoms with E-state index in [1.165, 1.54) is 31.3 Å². The van der Waals surface area contributed by atoms with Crippen molar-refractivity contribution >= 4 is 17.6 Å². The van der Waals surface area contributed by atoms with Crippen LogP contribution in [0.5, 0.6) is 0 Å². The molecule has 3 rings (SSSR count). The number of halogens is 4. The van der Waals surface area contributed by atoms with Gasteiger partial charge in [-0.2, -0.15) is 13.2 Å². The topological polar surface area (TPSA) is 122 Å². The van der Waals surface area contributed by atoms with E-state index in [4.69, 9.17) is 0 Å². The number of anilines is 1. The van der Waals surface area contributed by atoms with E-state index in [0.29, 0.717) is 6.20 Å². The lowest BCUT2D eigenvalue weighted by molar-refractivity contribution is -0.137. The van der Waals surface area contributed by atoms with Crippen molar-refractivity contribution in [2.45, 2.75) is 19.6 Å². The van der Waals surface area contributed by atoms with E-state index < -0.39 is 23.5 Å². The first kappa shape index (κ1) is 24.5. The average Bonchev–Trinajstić information content (AvgIpc) is 2.80. The minimum absolute atomic E-state index is 0.0551. The van der Waals surface area contributed by atoms with Crippen molar-refractivity contribution in [2.24, 2.45) is 0 Å². The number of amides is 2. The molecule has 0 bridgehead atoms. The highest BCUT2D eigenvalue weighted by molar-refractivity contribution is 5.93. The normalized spacial score (nSPS) is 11.1. The summed E-state index contributed by atoms with van der Waals surface area (Å²) in [6.07, 6.45) is -1.45. The Kier molecular flexibility index (Phi) is 7.66. The van der Waals surface area contributed by atoms with Crippen LogP contribution in [0.4, 0.5) is 23.4 Å². The highest BCUT2D eigenvalue weighted by Crippen LogP contribution is 2.31. The Hall–Kier alpha value is -4.16. The minimum atomic E-state index is -4.64. The first-order valence-corrected chi connectivity index (χ1v) is 9.91. The van der Waals surface area contributed by atoms with E-state index in [-0.39, 0.29) is 54.1 Å². The molecule has 0 fully saturated rings. The number of hydrogen-bond donors (Lipinski definition) is 3. The van der Waals surface area contributed by atoms with Gasteiger partial charge < -0.3 is 16.0 Å². The summed E-state index contributed by atoms with van der Waals surface area (Å²) in [4.78, 5) is 39.2. The maximum absolute atomic E-state index is 13.9. The third-order valence-corrected chi connectivity index (χ3v) is 4.34. The van der Waals surface area contributed by atoms with Crippen molar-refractivity contribution in [3.05, 3.63) is 65.6 Å². The lowest BCUT2D eigenvalue weighted by Gasteiger charge is -2.12. The summed E-state index contributed by atoms with van der Waals surface area (Å²) >= 11 is 0. The van der Waals surface area contributed by atoms with Gasteiger partial charge >= 0.3 is 6.18 Å². The molecule has 0 spiro atoms. The van der Waals surface area contributed by atoms with Gasteiger partial charge in [-0.25, -0.2) is 14.4 Å². The lowest BCUT2D eigenvalue weighted by atomic mass is 10.2. The molecule has 3 heterocycles. The number of rotatable bonds is 8. The number of nitrogens with one attached hydrogen (secondary N) is 3. The van der Waals surface area contributed by atoms with E-state index in [0.717, 1.165) is 12.3 Å². The summed E-state index contributed by atoms with van der Waals surface area (Å²) < 4.78 is 53.2. The SMILES string of the molecule is CC(=O)NCCNC(=O)c1cc(NCc2ncccc2F)nc(-c2cncc(C(F)(F)F)c2)n1. The third kappa shape index (κ3) is 6.67. The highest BCUT2D eigenvalue weighted by atomic mass is 19.4. The predicted molar refractivity (Wildman–Crippen MR) is 113 cm³/mol. The molecule has 3 aromatic heterocycles. The largest absolute Gasteiger partial charge is 0.417 e. The summed E-state index contributed by atoms with van der Waals surface area (Å²) in [5, 5.41) is 7.85. The first-order chi connectivity index (χ1) is 16.1. The van der Waals surface area contributed by atoms with Crippen LogP contribution in [-0.2, 0) is 17.5 Å². The number of pyridine rings is 2. The molecular weight excluding hydrogens is 458 g/mol. The van der Waals surface area contributed by atoms with Crippen LogP contribution in [0.3, 0.4) is 0 Å². The Labute approximate surface area is 191 Å². The van der Waals surface area contributed by atoms with E-state index in [1.54, 1.807) is 0 Å². The van der Waals surface area contributed by atoms with Gasteiger partial charge in [0.25, 0.3) is 5.91 Å². The van der Waals surface area contributed by atoms with Crippen molar-refractivity contribution in [1.29, 1.82) is 0 Å². The van der Waals surface area contributed by atoms with Crippen LogP contribution < -0.4 is 16.0 Å². The zero-order valence-corrected chi connectivity index (χ0v) is 17.8. The van der Waals surface area contributed by atoms with E-state index in [1.807, 2.05) is 0 Å². The average molecular weight is 477 g/mol. The lowest BCUT2D eigenvalue weighted by Crippen LogP contribution is -2.34. The molecule has 0 radical (unpaired) electrons. The molecule has 0 aromatic carbocycles. The molecule has 9 nitrogen and oxygen atoms in total. The second kappa shape index (κ2) is 10.6. The van der Waals surface area contributed by atoms with Gasteiger partial charge in [0, 0.05) is 50.2 Å². The molecular formula is C21H19F4N7O2. The van der Waals surface area contributed by atoms with Crippen LogP contribution in [0, 0.1) is 5.82 Å². The molecule has 34 heavy (non-hydrogen) atoms. The number of carbonyl (C=O) groups is 2. The summed E-state index contributed by atoms with van der Waals surface area (Å²) in [5.41, 5.74) is -1.17. The maximum Gasteiger partial charge on any atom is 0.417 e. The fourth-order valence-electron chi connectivity index (χ4n) is 2.73. The molecule has 3 N–H and O–H groups in total. The van der Waals surface area contributed by atoms with Crippen molar-refractivity contribution in [1.82, 2.24) is 30.6 Å². The molecule has 0 aliphatic rings. The highest BCUT2D eigenvalue weighted by Gasteiger charge is 2.31. The van der Waals surface area contributed by atoms with Gasteiger partial charge in [0.2, 0.25) is 5.91 Å². The molecule has 0 atom stereocenters. The van der Waals surface area contributed by atoms with Crippen LogP contribution in [0.15, 0.2) is 42.9 Å². The second-order valence-electron chi connectivity index (χ2n) is 6.95. The van der Waals surface area contributed by atoms with Crippen molar-refractivity contribution in [2.75, 3.05) is 18.4 Å². The van der Waals surface area contributed by atoms with Crippen LogP contribution in [0.1, 0.15) is 28.7 Å².